The number of carbonyl (C=O) groups excluding carboxylic acids is 2. The first-order chi connectivity index (χ1) is 11.7. The molecule has 0 aliphatic carbocycles. The van der Waals surface area contributed by atoms with Crippen LogP contribution in [0.3, 0.4) is 0 Å². The molecule has 5 heteroatoms. The van der Waals surface area contributed by atoms with Crippen LogP contribution < -0.4 is 0 Å². The summed E-state index contributed by atoms with van der Waals surface area (Å²) in [7, 11) is 0. The van der Waals surface area contributed by atoms with Crippen LogP contribution in [-0.2, 0) is 11.3 Å². The molecule has 1 aliphatic rings. The summed E-state index contributed by atoms with van der Waals surface area (Å²) in [6.07, 6.45) is 5.45. The van der Waals surface area contributed by atoms with E-state index in [0.717, 1.165) is 31.5 Å². The average molecular weight is 326 g/mol. The van der Waals surface area contributed by atoms with Gasteiger partial charge in [0.1, 0.15) is 6.26 Å². The van der Waals surface area contributed by atoms with Gasteiger partial charge in [-0.1, -0.05) is 30.3 Å². The lowest BCUT2D eigenvalue weighted by Crippen LogP contribution is -2.35. The number of furan rings is 1. The zero-order valence-electron chi connectivity index (χ0n) is 13.7. The lowest BCUT2D eigenvalue weighted by molar-refractivity contribution is -0.130. The van der Waals surface area contributed by atoms with Crippen molar-refractivity contribution >= 4 is 11.8 Å². The Labute approximate surface area is 141 Å². The normalized spacial score (nSPS) is 13.9. The number of hydrogen-bond donors (Lipinski definition) is 0. The fourth-order valence-corrected chi connectivity index (χ4v) is 2.98. The summed E-state index contributed by atoms with van der Waals surface area (Å²) in [6, 6.07) is 11.5. The number of hydrogen-bond acceptors (Lipinski definition) is 3. The van der Waals surface area contributed by atoms with E-state index in [4.69, 9.17) is 4.42 Å². The average Bonchev–Trinajstić information content (AvgIpc) is 3.32. The van der Waals surface area contributed by atoms with Crippen molar-refractivity contribution in [3.05, 3.63) is 60.1 Å². The maximum Gasteiger partial charge on any atom is 0.257 e. The summed E-state index contributed by atoms with van der Waals surface area (Å²) in [5.41, 5.74) is 1.56. The van der Waals surface area contributed by atoms with Gasteiger partial charge in [0, 0.05) is 32.6 Å². The van der Waals surface area contributed by atoms with Gasteiger partial charge in [-0.05, 0) is 24.5 Å². The van der Waals surface area contributed by atoms with Crippen molar-refractivity contribution in [1.29, 1.82) is 0 Å². The highest BCUT2D eigenvalue weighted by molar-refractivity contribution is 5.94. The largest absolute Gasteiger partial charge is 0.472 e. The van der Waals surface area contributed by atoms with Gasteiger partial charge in [-0.3, -0.25) is 9.59 Å². The predicted octanol–water partition coefficient (Wildman–Crippen LogP) is 2.93. The van der Waals surface area contributed by atoms with Gasteiger partial charge in [0.2, 0.25) is 5.91 Å². The van der Waals surface area contributed by atoms with Crippen molar-refractivity contribution in [2.45, 2.75) is 25.8 Å². The Hall–Kier alpha value is -2.56. The molecule has 2 aromatic rings. The fourth-order valence-electron chi connectivity index (χ4n) is 2.98. The van der Waals surface area contributed by atoms with E-state index in [2.05, 4.69) is 0 Å². The van der Waals surface area contributed by atoms with Crippen LogP contribution in [0.25, 0.3) is 0 Å². The van der Waals surface area contributed by atoms with Crippen LogP contribution in [0.15, 0.2) is 53.3 Å². The molecule has 0 saturated carbocycles. The Morgan fingerprint density at radius 3 is 2.50 bits per heavy atom. The maximum absolute atomic E-state index is 12.7. The summed E-state index contributed by atoms with van der Waals surface area (Å²) < 4.78 is 5.02. The Kier molecular flexibility index (Phi) is 5.31. The van der Waals surface area contributed by atoms with E-state index in [1.54, 1.807) is 11.0 Å². The third kappa shape index (κ3) is 4.04. The van der Waals surface area contributed by atoms with Gasteiger partial charge in [0.15, 0.2) is 0 Å². The van der Waals surface area contributed by atoms with Crippen LogP contribution in [0.1, 0.15) is 35.2 Å². The van der Waals surface area contributed by atoms with E-state index in [-0.39, 0.29) is 11.8 Å². The third-order valence-electron chi connectivity index (χ3n) is 4.33. The molecule has 0 atom stereocenters. The molecule has 24 heavy (non-hydrogen) atoms. The topological polar surface area (TPSA) is 53.8 Å². The molecule has 1 aromatic heterocycles. The summed E-state index contributed by atoms with van der Waals surface area (Å²) >= 11 is 0. The lowest BCUT2D eigenvalue weighted by atomic mass is 10.2. The molecule has 1 aliphatic heterocycles. The SMILES string of the molecule is O=C(CCN(Cc1ccccc1)C(=O)c1ccoc1)N1CCCC1. The minimum absolute atomic E-state index is 0.109. The van der Waals surface area contributed by atoms with Gasteiger partial charge < -0.3 is 14.2 Å². The molecule has 1 aromatic carbocycles. The molecule has 0 bridgehead atoms. The fraction of sp³-hybridized carbons (Fsp3) is 0.368. The number of likely N-dealkylation sites (tertiary alicyclic amines) is 1. The first-order valence-corrected chi connectivity index (χ1v) is 8.37. The van der Waals surface area contributed by atoms with Crippen molar-refractivity contribution in [1.82, 2.24) is 9.80 Å². The van der Waals surface area contributed by atoms with Gasteiger partial charge in [0.05, 0.1) is 11.8 Å². The Morgan fingerprint density at radius 1 is 1.08 bits per heavy atom. The number of nitrogens with zero attached hydrogens (tertiary/aromatic N) is 2. The van der Waals surface area contributed by atoms with Crippen molar-refractivity contribution in [3.8, 4) is 0 Å². The van der Waals surface area contributed by atoms with E-state index < -0.39 is 0 Å². The van der Waals surface area contributed by atoms with E-state index in [1.165, 1.54) is 12.5 Å². The second kappa shape index (κ2) is 7.81. The number of benzene rings is 1. The first kappa shape index (κ1) is 16.3. The van der Waals surface area contributed by atoms with Crippen LogP contribution in [0.5, 0.6) is 0 Å². The van der Waals surface area contributed by atoms with Crippen LogP contribution in [0.2, 0.25) is 0 Å². The van der Waals surface area contributed by atoms with Crippen molar-refractivity contribution in [2.24, 2.45) is 0 Å². The second-order valence-electron chi connectivity index (χ2n) is 6.06. The molecule has 5 nitrogen and oxygen atoms in total. The Bertz CT molecular complexity index is 661. The Morgan fingerprint density at radius 2 is 1.83 bits per heavy atom. The highest BCUT2D eigenvalue weighted by Crippen LogP contribution is 2.13. The van der Waals surface area contributed by atoms with Gasteiger partial charge in [-0.15, -0.1) is 0 Å². The summed E-state index contributed by atoms with van der Waals surface area (Å²) in [5, 5.41) is 0. The van der Waals surface area contributed by atoms with E-state index in [0.29, 0.717) is 25.1 Å². The number of amides is 2. The maximum atomic E-state index is 12.7. The summed E-state index contributed by atoms with van der Waals surface area (Å²) in [4.78, 5) is 28.6. The van der Waals surface area contributed by atoms with Crippen LogP contribution in [-0.4, -0.2) is 41.2 Å². The van der Waals surface area contributed by atoms with E-state index in [9.17, 15) is 9.59 Å². The van der Waals surface area contributed by atoms with Gasteiger partial charge in [0.25, 0.3) is 5.91 Å². The Balaban J connectivity index is 1.67. The lowest BCUT2D eigenvalue weighted by Gasteiger charge is -2.23. The summed E-state index contributed by atoms with van der Waals surface area (Å²) in [5.74, 6) is 0.0207. The highest BCUT2D eigenvalue weighted by atomic mass is 16.3. The molecule has 126 valence electrons. The molecule has 1 fully saturated rings. The molecule has 2 amide bonds. The highest BCUT2D eigenvalue weighted by Gasteiger charge is 2.22. The molecule has 0 spiro atoms. The van der Waals surface area contributed by atoms with E-state index >= 15 is 0 Å². The van der Waals surface area contributed by atoms with Crippen LogP contribution in [0.4, 0.5) is 0 Å². The third-order valence-corrected chi connectivity index (χ3v) is 4.33. The molecule has 0 N–H and O–H groups in total. The smallest absolute Gasteiger partial charge is 0.257 e. The predicted molar refractivity (Wildman–Crippen MR) is 90.3 cm³/mol. The standard InChI is InChI=1S/C19H22N2O3/c22-18(20-10-4-5-11-20)8-12-21(14-16-6-2-1-3-7-16)19(23)17-9-13-24-15-17/h1-3,6-7,9,13,15H,4-5,8,10-12,14H2. The minimum Gasteiger partial charge on any atom is -0.472 e. The molecule has 2 heterocycles. The molecule has 3 rings (SSSR count). The number of rotatable bonds is 6. The van der Waals surface area contributed by atoms with Crippen molar-refractivity contribution < 1.29 is 14.0 Å². The molecular formula is C19H22N2O3. The van der Waals surface area contributed by atoms with Gasteiger partial charge in [-0.2, -0.15) is 0 Å². The van der Waals surface area contributed by atoms with Crippen molar-refractivity contribution in [2.75, 3.05) is 19.6 Å². The van der Waals surface area contributed by atoms with Gasteiger partial charge in [-0.25, -0.2) is 0 Å². The quantitative estimate of drug-likeness (QED) is 0.820. The number of carbonyl (C=O) groups is 2. The molecular weight excluding hydrogens is 304 g/mol. The molecule has 1 saturated heterocycles. The first-order valence-electron chi connectivity index (χ1n) is 8.37. The zero-order chi connectivity index (χ0) is 16.8. The minimum atomic E-state index is -0.109. The van der Waals surface area contributed by atoms with Crippen LogP contribution in [0, 0.1) is 0 Å². The monoisotopic (exact) mass is 326 g/mol. The van der Waals surface area contributed by atoms with E-state index in [1.807, 2.05) is 35.2 Å². The second-order valence-corrected chi connectivity index (χ2v) is 6.06. The van der Waals surface area contributed by atoms with Gasteiger partial charge >= 0.3 is 0 Å². The summed E-state index contributed by atoms with van der Waals surface area (Å²) in [6.45, 7) is 2.58. The molecule has 0 radical (unpaired) electrons. The molecule has 0 unspecified atom stereocenters. The van der Waals surface area contributed by atoms with Crippen molar-refractivity contribution in [3.63, 3.8) is 0 Å². The zero-order valence-corrected chi connectivity index (χ0v) is 13.7. The van der Waals surface area contributed by atoms with Crippen LogP contribution >= 0.6 is 0 Å².